The number of hydrogen-bond acceptors (Lipinski definition) is 5. The molecule has 0 aliphatic rings. The average Bonchev–Trinajstić information content (AvgIpc) is 3.45. The van der Waals surface area contributed by atoms with E-state index in [9.17, 15) is 4.79 Å². The molecule has 144 valence electrons. The molecule has 1 atom stereocenters. The molecule has 0 bridgehead atoms. The lowest BCUT2D eigenvalue weighted by Gasteiger charge is -2.24. The lowest BCUT2D eigenvalue weighted by Crippen LogP contribution is -2.29. The van der Waals surface area contributed by atoms with Gasteiger partial charge in [-0.1, -0.05) is 6.07 Å². The Morgan fingerprint density at radius 2 is 2.07 bits per heavy atom. The number of carbonyl (C=O) groups is 1. The van der Waals surface area contributed by atoms with E-state index in [0.29, 0.717) is 22.7 Å². The molecule has 0 aromatic carbocycles. The topological polar surface area (TPSA) is 64.2 Å². The summed E-state index contributed by atoms with van der Waals surface area (Å²) >= 11 is 1.65. The predicted molar refractivity (Wildman–Crippen MR) is 110 cm³/mol. The van der Waals surface area contributed by atoms with Crippen molar-refractivity contribution in [3.8, 4) is 11.5 Å². The SMILES string of the molecule is CC(c1cccs1)N(C)C(=O)c1cc(-c2ccco2)nc2c1cnn2C(C)C. The van der Waals surface area contributed by atoms with Crippen LogP contribution in [0.2, 0.25) is 0 Å². The Hall–Kier alpha value is -2.93. The molecule has 0 aliphatic heterocycles. The van der Waals surface area contributed by atoms with E-state index in [-0.39, 0.29) is 18.0 Å². The van der Waals surface area contributed by atoms with Crippen molar-refractivity contribution >= 4 is 28.3 Å². The lowest BCUT2D eigenvalue weighted by atomic mass is 10.1. The molecule has 4 aromatic heterocycles. The number of nitrogens with zero attached hydrogens (tertiary/aromatic N) is 4. The average molecular weight is 395 g/mol. The number of amides is 1. The molecule has 0 aliphatic carbocycles. The van der Waals surface area contributed by atoms with Gasteiger partial charge in [0.1, 0.15) is 5.69 Å². The van der Waals surface area contributed by atoms with Crippen molar-refractivity contribution < 1.29 is 9.21 Å². The zero-order valence-electron chi connectivity index (χ0n) is 16.3. The van der Waals surface area contributed by atoms with Crippen LogP contribution in [0.5, 0.6) is 0 Å². The van der Waals surface area contributed by atoms with Crippen LogP contribution in [0.25, 0.3) is 22.5 Å². The third-order valence-electron chi connectivity index (χ3n) is 4.92. The van der Waals surface area contributed by atoms with Crippen molar-refractivity contribution in [2.45, 2.75) is 32.9 Å². The van der Waals surface area contributed by atoms with Crippen molar-refractivity contribution in [2.75, 3.05) is 7.05 Å². The maximum absolute atomic E-state index is 13.4. The van der Waals surface area contributed by atoms with Crippen molar-refractivity contribution in [1.29, 1.82) is 0 Å². The monoisotopic (exact) mass is 394 g/mol. The van der Waals surface area contributed by atoms with Gasteiger partial charge in [-0.15, -0.1) is 11.3 Å². The summed E-state index contributed by atoms with van der Waals surface area (Å²) < 4.78 is 7.37. The number of thiophene rings is 1. The Labute approximate surface area is 167 Å². The van der Waals surface area contributed by atoms with Gasteiger partial charge in [-0.3, -0.25) is 4.79 Å². The fourth-order valence-electron chi connectivity index (χ4n) is 3.21. The van der Waals surface area contributed by atoms with Gasteiger partial charge in [0.05, 0.1) is 29.5 Å². The molecule has 0 saturated heterocycles. The Balaban J connectivity index is 1.84. The maximum Gasteiger partial charge on any atom is 0.255 e. The molecule has 4 rings (SSSR count). The maximum atomic E-state index is 13.4. The van der Waals surface area contributed by atoms with E-state index in [0.717, 1.165) is 10.3 Å². The summed E-state index contributed by atoms with van der Waals surface area (Å²) in [5, 5.41) is 7.24. The fraction of sp³-hybridized carbons (Fsp3) is 0.286. The van der Waals surface area contributed by atoms with Gasteiger partial charge in [-0.25, -0.2) is 9.67 Å². The minimum absolute atomic E-state index is 0.0251. The lowest BCUT2D eigenvalue weighted by molar-refractivity contribution is 0.0747. The standard InChI is InChI=1S/C21H22N4O2S/c1-13(2)25-20-16(12-22-25)15(11-17(23-20)18-7-5-9-27-18)21(26)24(4)14(3)19-8-6-10-28-19/h5-14H,1-4H3. The summed E-state index contributed by atoms with van der Waals surface area (Å²) in [7, 11) is 1.83. The van der Waals surface area contributed by atoms with Crippen molar-refractivity contribution in [3.63, 3.8) is 0 Å². The van der Waals surface area contributed by atoms with Gasteiger partial charge in [0.15, 0.2) is 11.4 Å². The van der Waals surface area contributed by atoms with Crippen LogP contribution in [0.15, 0.2) is 52.6 Å². The van der Waals surface area contributed by atoms with Gasteiger partial charge >= 0.3 is 0 Å². The Morgan fingerprint density at radius 3 is 2.71 bits per heavy atom. The molecule has 1 unspecified atom stereocenters. The first-order valence-corrected chi connectivity index (χ1v) is 10.1. The van der Waals surface area contributed by atoms with E-state index in [1.54, 1.807) is 34.8 Å². The second kappa shape index (κ2) is 7.24. The van der Waals surface area contributed by atoms with E-state index in [1.807, 2.05) is 62.1 Å². The van der Waals surface area contributed by atoms with Crippen LogP contribution in [0.3, 0.4) is 0 Å². The molecule has 0 radical (unpaired) electrons. The van der Waals surface area contributed by atoms with Gasteiger partial charge in [0, 0.05) is 18.0 Å². The highest BCUT2D eigenvalue weighted by atomic mass is 32.1. The Bertz CT molecular complexity index is 1100. The first-order chi connectivity index (χ1) is 13.5. The predicted octanol–water partition coefficient (Wildman–Crippen LogP) is 5.17. The number of aromatic nitrogens is 3. The molecule has 28 heavy (non-hydrogen) atoms. The van der Waals surface area contributed by atoms with E-state index in [1.165, 1.54) is 0 Å². The van der Waals surface area contributed by atoms with Gasteiger partial charge in [0.25, 0.3) is 5.91 Å². The highest BCUT2D eigenvalue weighted by Gasteiger charge is 2.25. The zero-order chi connectivity index (χ0) is 19.8. The fourth-order valence-corrected chi connectivity index (χ4v) is 4.04. The third kappa shape index (κ3) is 3.11. The normalized spacial score (nSPS) is 12.6. The number of fused-ring (bicyclic) bond motifs is 1. The molecule has 0 fully saturated rings. The van der Waals surface area contributed by atoms with Crippen LogP contribution >= 0.6 is 11.3 Å². The number of furan rings is 1. The number of pyridine rings is 1. The summed E-state index contributed by atoms with van der Waals surface area (Å²) in [4.78, 5) is 21.1. The molecular weight excluding hydrogens is 372 g/mol. The van der Waals surface area contributed by atoms with Crippen LogP contribution in [0.4, 0.5) is 0 Å². The van der Waals surface area contributed by atoms with E-state index in [2.05, 4.69) is 5.10 Å². The van der Waals surface area contributed by atoms with Gasteiger partial charge in [0.2, 0.25) is 0 Å². The zero-order valence-corrected chi connectivity index (χ0v) is 17.1. The van der Waals surface area contributed by atoms with Crippen molar-refractivity contribution in [3.05, 3.63) is 58.6 Å². The summed E-state index contributed by atoms with van der Waals surface area (Å²) in [6, 6.07) is 9.61. The van der Waals surface area contributed by atoms with Crippen LogP contribution in [0.1, 0.15) is 48.1 Å². The minimum atomic E-state index is -0.0654. The number of hydrogen-bond donors (Lipinski definition) is 0. The van der Waals surface area contributed by atoms with Crippen LogP contribution < -0.4 is 0 Å². The van der Waals surface area contributed by atoms with Crippen LogP contribution in [-0.2, 0) is 0 Å². The van der Waals surface area contributed by atoms with Gasteiger partial charge in [-0.2, -0.15) is 5.10 Å². The van der Waals surface area contributed by atoms with E-state index in [4.69, 9.17) is 9.40 Å². The van der Waals surface area contributed by atoms with Crippen LogP contribution in [-0.4, -0.2) is 32.6 Å². The molecule has 0 spiro atoms. The Kier molecular flexibility index (Phi) is 4.77. The number of carbonyl (C=O) groups excluding carboxylic acids is 1. The van der Waals surface area contributed by atoms with Gasteiger partial charge in [-0.05, 0) is 50.4 Å². The highest BCUT2D eigenvalue weighted by Crippen LogP contribution is 2.30. The summed E-state index contributed by atoms with van der Waals surface area (Å²) in [6.07, 6.45) is 3.33. The smallest absolute Gasteiger partial charge is 0.255 e. The molecule has 0 saturated carbocycles. The quantitative estimate of drug-likeness (QED) is 0.469. The molecule has 7 heteroatoms. The van der Waals surface area contributed by atoms with E-state index < -0.39 is 0 Å². The van der Waals surface area contributed by atoms with Crippen molar-refractivity contribution in [2.24, 2.45) is 0 Å². The molecule has 4 aromatic rings. The minimum Gasteiger partial charge on any atom is -0.463 e. The molecule has 1 amide bonds. The van der Waals surface area contributed by atoms with E-state index >= 15 is 0 Å². The van der Waals surface area contributed by atoms with Crippen LogP contribution in [0, 0.1) is 0 Å². The molecule has 4 heterocycles. The molecule has 0 N–H and O–H groups in total. The number of rotatable bonds is 5. The van der Waals surface area contributed by atoms with Crippen molar-refractivity contribution in [1.82, 2.24) is 19.7 Å². The Morgan fingerprint density at radius 1 is 1.25 bits per heavy atom. The largest absolute Gasteiger partial charge is 0.463 e. The van der Waals surface area contributed by atoms with Gasteiger partial charge < -0.3 is 9.32 Å². The third-order valence-corrected chi connectivity index (χ3v) is 5.96. The first kappa shape index (κ1) is 18.4. The summed E-state index contributed by atoms with van der Waals surface area (Å²) in [5.74, 6) is 0.561. The summed E-state index contributed by atoms with van der Waals surface area (Å²) in [5.41, 5.74) is 1.89. The first-order valence-electron chi connectivity index (χ1n) is 9.20. The molecular formula is C21H22N4O2S. The highest BCUT2D eigenvalue weighted by molar-refractivity contribution is 7.10. The summed E-state index contributed by atoms with van der Waals surface area (Å²) in [6.45, 7) is 6.12. The second-order valence-corrected chi connectivity index (χ2v) is 8.04. The second-order valence-electron chi connectivity index (χ2n) is 7.06. The molecule has 6 nitrogen and oxygen atoms in total.